The van der Waals surface area contributed by atoms with E-state index in [1.165, 1.54) is 0 Å². The lowest BCUT2D eigenvalue weighted by Crippen LogP contribution is -2.45. The van der Waals surface area contributed by atoms with Gasteiger partial charge in [-0.3, -0.25) is 4.90 Å². The molecule has 2 N–H and O–H groups in total. The Labute approximate surface area is 122 Å². The lowest BCUT2D eigenvalue weighted by Gasteiger charge is -2.35. The van der Waals surface area contributed by atoms with E-state index in [0.29, 0.717) is 5.56 Å². The van der Waals surface area contributed by atoms with Crippen molar-refractivity contribution in [2.45, 2.75) is 32.0 Å². The average molecular weight is 302 g/mol. The summed E-state index contributed by atoms with van der Waals surface area (Å²) in [5.74, 6) is -0.0556. The summed E-state index contributed by atoms with van der Waals surface area (Å²) in [6, 6.07) is 3.01. The monoisotopic (exact) mass is 302 g/mol. The van der Waals surface area contributed by atoms with Crippen molar-refractivity contribution >= 4 is 0 Å². The molecule has 1 saturated heterocycles. The quantitative estimate of drug-likeness (QED) is 0.897. The molecule has 0 unspecified atom stereocenters. The van der Waals surface area contributed by atoms with E-state index in [1.54, 1.807) is 0 Å². The standard InChI is InChI=1S/C15H21F3N2O/c1-2-3-13(20-8-6-19-7-9-20)12-10-11(15(16,17)18)4-5-14(12)21/h4-5,10,13,19,21H,2-3,6-9H2,1H3/t13-/m1/s1. The van der Waals surface area contributed by atoms with Gasteiger partial charge in [0, 0.05) is 37.8 Å². The highest BCUT2D eigenvalue weighted by Gasteiger charge is 2.33. The highest BCUT2D eigenvalue weighted by Crippen LogP contribution is 2.37. The Hall–Kier alpha value is -1.27. The first kappa shape index (κ1) is 16.1. The van der Waals surface area contributed by atoms with Gasteiger partial charge < -0.3 is 10.4 Å². The maximum atomic E-state index is 12.9. The molecule has 0 saturated carbocycles. The van der Waals surface area contributed by atoms with Gasteiger partial charge in [0.25, 0.3) is 0 Å². The molecule has 3 nitrogen and oxygen atoms in total. The van der Waals surface area contributed by atoms with Crippen LogP contribution in [0.1, 0.15) is 36.9 Å². The van der Waals surface area contributed by atoms with E-state index in [4.69, 9.17) is 0 Å². The molecule has 1 heterocycles. The molecule has 0 amide bonds. The third kappa shape index (κ3) is 3.89. The van der Waals surface area contributed by atoms with Gasteiger partial charge >= 0.3 is 6.18 Å². The van der Waals surface area contributed by atoms with Crippen molar-refractivity contribution in [1.82, 2.24) is 10.2 Å². The summed E-state index contributed by atoms with van der Waals surface area (Å²) < 4.78 is 38.7. The number of phenolic OH excluding ortho intramolecular Hbond substituents is 1. The van der Waals surface area contributed by atoms with Gasteiger partial charge in [0.2, 0.25) is 0 Å². The number of hydrogen-bond donors (Lipinski definition) is 2. The second-order valence-corrected chi connectivity index (χ2v) is 5.36. The van der Waals surface area contributed by atoms with E-state index < -0.39 is 11.7 Å². The molecular weight excluding hydrogens is 281 g/mol. The van der Waals surface area contributed by atoms with Crippen LogP contribution < -0.4 is 5.32 Å². The Kier molecular flexibility index (Phi) is 5.11. The molecule has 6 heteroatoms. The predicted octanol–water partition coefficient (Wildman–Crippen LogP) is 3.16. The summed E-state index contributed by atoms with van der Waals surface area (Å²) in [5.41, 5.74) is -0.319. The molecule has 1 atom stereocenters. The fraction of sp³-hybridized carbons (Fsp3) is 0.600. The van der Waals surface area contributed by atoms with Crippen LogP contribution in [0.2, 0.25) is 0 Å². The van der Waals surface area contributed by atoms with Crippen molar-refractivity contribution in [2.24, 2.45) is 0 Å². The van der Waals surface area contributed by atoms with Gasteiger partial charge in [-0.15, -0.1) is 0 Å². The van der Waals surface area contributed by atoms with E-state index in [-0.39, 0.29) is 11.8 Å². The lowest BCUT2D eigenvalue weighted by atomic mass is 9.96. The van der Waals surface area contributed by atoms with Crippen LogP contribution in [0, 0.1) is 0 Å². The van der Waals surface area contributed by atoms with Crippen LogP contribution in [0.3, 0.4) is 0 Å². The minimum Gasteiger partial charge on any atom is -0.508 e. The van der Waals surface area contributed by atoms with Gasteiger partial charge in [-0.25, -0.2) is 0 Å². The number of nitrogens with one attached hydrogen (secondary N) is 1. The molecule has 2 rings (SSSR count). The number of halogens is 3. The van der Waals surface area contributed by atoms with E-state index in [2.05, 4.69) is 10.2 Å². The molecule has 1 fully saturated rings. The minimum atomic E-state index is -4.39. The van der Waals surface area contributed by atoms with Crippen LogP contribution in [-0.2, 0) is 6.18 Å². The highest BCUT2D eigenvalue weighted by atomic mass is 19.4. The third-order valence-electron chi connectivity index (χ3n) is 3.87. The molecule has 0 aromatic heterocycles. The Morgan fingerprint density at radius 3 is 2.52 bits per heavy atom. The summed E-state index contributed by atoms with van der Waals surface area (Å²) in [4.78, 5) is 2.15. The van der Waals surface area contributed by atoms with E-state index >= 15 is 0 Å². The minimum absolute atomic E-state index is 0.0556. The van der Waals surface area contributed by atoms with Gasteiger partial charge in [0.05, 0.1) is 5.56 Å². The first-order chi connectivity index (χ1) is 9.93. The number of alkyl halides is 3. The van der Waals surface area contributed by atoms with E-state index in [1.807, 2.05) is 6.92 Å². The van der Waals surface area contributed by atoms with Crippen LogP contribution >= 0.6 is 0 Å². The normalized spacial score (nSPS) is 18.7. The number of aromatic hydroxyl groups is 1. The fourth-order valence-corrected chi connectivity index (χ4v) is 2.80. The van der Waals surface area contributed by atoms with Gasteiger partial charge in [0.1, 0.15) is 5.75 Å². The molecule has 0 aliphatic carbocycles. The smallest absolute Gasteiger partial charge is 0.416 e. The topological polar surface area (TPSA) is 35.5 Å². The number of hydrogen-bond acceptors (Lipinski definition) is 3. The highest BCUT2D eigenvalue weighted by molar-refractivity contribution is 5.39. The molecular formula is C15H21F3N2O. The molecule has 118 valence electrons. The maximum absolute atomic E-state index is 12.9. The Balaban J connectivity index is 2.34. The largest absolute Gasteiger partial charge is 0.508 e. The molecule has 1 aliphatic heterocycles. The van der Waals surface area contributed by atoms with Crippen molar-refractivity contribution in [1.29, 1.82) is 0 Å². The average Bonchev–Trinajstić information content (AvgIpc) is 2.45. The molecule has 0 spiro atoms. The van der Waals surface area contributed by atoms with Crippen molar-refractivity contribution in [3.05, 3.63) is 29.3 Å². The molecule has 1 aromatic rings. The first-order valence-electron chi connectivity index (χ1n) is 7.28. The van der Waals surface area contributed by atoms with Gasteiger partial charge in [0.15, 0.2) is 0 Å². The molecule has 21 heavy (non-hydrogen) atoms. The summed E-state index contributed by atoms with van der Waals surface area (Å²) >= 11 is 0. The number of piperazine rings is 1. The first-order valence-corrected chi connectivity index (χ1v) is 7.28. The summed E-state index contributed by atoms with van der Waals surface area (Å²) in [5, 5.41) is 13.2. The molecule has 1 aliphatic rings. The summed E-state index contributed by atoms with van der Waals surface area (Å²) in [6.45, 7) is 5.19. The third-order valence-corrected chi connectivity index (χ3v) is 3.87. The van der Waals surface area contributed by atoms with Crippen LogP contribution in [0.15, 0.2) is 18.2 Å². The SMILES string of the molecule is CCC[C@H](c1cc(C(F)(F)F)ccc1O)N1CCNCC1. The predicted molar refractivity (Wildman–Crippen MR) is 75.2 cm³/mol. The zero-order chi connectivity index (χ0) is 15.5. The number of phenols is 1. The van der Waals surface area contributed by atoms with Crippen LogP contribution in [0.5, 0.6) is 5.75 Å². The van der Waals surface area contributed by atoms with Gasteiger partial charge in [-0.1, -0.05) is 13.3 Å². The van der Waals surface area contributed by atoms with E-state index in [9.17, 15) is 18.3 Å². The van der Waals surface area contributed by atoms with E-state index in [0.717, 1.165) is 57.2 Å². The number of benzene rings is 1. The molecule has 0 bridgehead atoms. The van der Waals surface area contributed by atoms with Crippen molar-refractivity contribution in [2.75, 3.05) is 26.2 Å². The van der Waals surface area contributed by atoms with Crippen LogP contribution in [0.25, 0.3) is 0 Å². The van der Waals surface area contributed by atoms with Gasteiger partial charge in [-0.2, -0.15) is 13.2 Å². The second-order valence-electron chi connectivity index (χ2n) is 5.36. The van der Waals surface area contributed by atoms with Crippen molar-refractivity contribution in [3.63, 3.8) is 0 Å². The molecule has 0 radical (unpaired) electrons. The zero-order valence-electron chi connectivity index (χ0n) is 12.1. The lowest BCUT2D eigenvalue weighted by molar-refractivity contribution is -0.137. The molecule has 1 aromatic carbocycles. The van der Waals surface area contributed by atoms with Crippen LogP contribution in [0.4, 0.5) is 13.2 Å². The number of nitrogens with zero attached hydrogens (tertiary/aromatic N) is 1. The fourth-order valence-electron chi connectivity index (χ4n) is 2.80. The van der Waals surface area contributed by atoms with Crippen molar-refractivity contribution < 1.29 is 18.3 Å². The Morgan fingerprint density at radius 1 is 1.29 bits per heavy atom. The van der Waals surface area contributed by atoms with Crippen LogP contribution in [-0.4, -0.2) is 36.2 Å². The van der Waals surface area contributed by atoms with Gasteiger partial charge in [-0.05, 0) is 24.6 Å². The summed E-state index contributed by atoms with van der Waals surface area (Å²) in [7, 11) is 0. The zero-order valence-corrected chi connectivity index (χ0v) is 12.1. The Morgan fingerprint density at radius 2 is 1.95 bits per heavy atom. The maximum Gasteiger partial charge on any atom is 0.416 e. The Bertz CT molecular complexity index is 470. The summed E-state index contributed by atoms with van der Waals surface area (Å²) in [6.07, 6.45) is -2.80. The number of rotatable bonds is 4. The van der Waals surface area contributed by atoms with Crippen molar-refractivity contribution in [3.8, 4) is 5.75 Å². The second kappa shape index (κ2) is 6.66.